The van der Waals surface area contributed by atoms with Crippen LogP contribution in [0.2, 0.25) is 0 Å². The standard InChI is InChI=1S/C64H41N5O/c1-2-21-46(22-3-1)68-54-27-12-10-24-48(54)49-31-29-44(37-56(49)68)62-65-63(50-26-14-20-39-15-8-9-23-47(39)50)67-64(66-62)61-55(32-30-45-38-70-59-28-13-11-25-51(59)60(45)61)69-57-35-42-18-6-4-16-40(42)33-52(57)53-34-41-17-5-7-19-43(41)36-58(53)69/h1-37,64H,38H2,(H,65,66,67). The number of nitrogens with one attached hydrogen (secondary N) is 1. The van der Waals surface area contributed by atoms with Gasteiger partial charge in [-0.25, -0.2) is 9.98 Å². The summed E-state index contributed by atoms with van der Waals surface area (Å²) in [4.78, 5) is 11.3. The van der Waals surface area contributed by atoms with Gasteiger partial charge in [-0.15, -0.1) is 0 Å². The lowest BCUT2D eigenvalue weighted by atomic mass is 9.89. The van der Waals surface area contributed by atoms with Gasteiger partial charge >= 0.3 is 0 Å². The average molecular weight is 896 g/mol. The van der Waals surface area contributed by atoms with E-state index in [4.69, 9.17) is 14.7 Å². The predicted molar refractivity (Wildman–Crippen MR) is 289 cm³/mol. The number of hydrogen-bond acceptors (Lipinski definition) is 4. The number of ether oxygens (including phenoxy) is 1. The van der Waals surface area contributed by atoms with Gasteiger partial charge < -0.3 is 19.2 Å². The van der Waals surface area contributed by atoms with Gasteiger partial charge in [0.05, 0.1) is 27.8 Å². The molecule has 1 unspecified atom stereocenters. The third kappa shape index (κ3) is 5.86. The highest BCUT2D eigenvalue weighted by atomic mass is 16.5. The zero-order valence-corrected chi connectivity index (χ0v) is 37.8. The minimum Gasteiger partial charge on any atom is -0.488 e. The zero-order valence-electron chi connectivity index (χ0n) is 37.8. The van der Waals surface area contributed by atoms with Crippen LogP contribution in [0.25, 0.3) is 98.4 Å². The number of rotatable bonds is 5. The Morgan fingerprint density at radius 2 is 1.04 bits per heavy atom. The van der Waals surface area contributed by atoms with Crippen molar-refractivity contribution >= 4 is 87.6 Å². The highest BCUT2D eigenvalue weighted by Crippen LogP contribution is 2.47. The lowest BCUT2D eigenvalue weighted by Crippen LogP contribution is -2.35. The number of amidine groups is 2. The third-order valence-electron chi connectivity index (χ3n) is 14.6. The van der Waals surface area contributed by atoms with Crippen LogP contribution in [0.4, 0.5) is 0 Å². The first kappa shape index (κ1) is 38.8. The molecular formula is C64H41N5O. The van der Waals surface area contributed by atoms with Crippen molar-refractivity contribution < 1.29 is 4.74 Å². The summed E-state index contributed by atoms with van der Waals surface area (Å²) in [6.45, 7) is 0.441. The van der Waals surface area contributed by atoms with Gasteiger partial charge in [0.25, 0.3) is 0 Å². The van der Waals surface area contributed by atoms with Gasteiger partial charge in [-0.3, -0.25) is 0 Å². The van der Waals surface area contributed by atoms with Crippen molar-refractivity contribution in [2.24, 2.45) is 9.98 Å². The first-order chi connectivity index (χ1) is 34.7. The van der Waals surface area contributed by atoms with Gasteiger partial charge in [0.15, 0.2) is 12.0 Å². The Kier molecular flexibility index (Phi) is 8.38. The topological polar surface area (TPSA) is 55.8 Å². The van der Waals surface area contributed by atoms with Crippen LogP contribution >= 0.6 is 0 Å². The van der Waals surface area contributed by atoms with E-state index in [1.807, 2.05) is 0 Å². The maximum absolute atomic E-state index is 6.51. The Morgan fingerprint density at radius 3 is 1.81 bits per heavy atom. The predicted octanol–water partition coefficient (Wildman–Crippen LogP) is 15.4. The van der Waals surface area contributed by atoms with Gasteiger partial charge in [-0.2, -0.15) is 0 Å². The molecule has 2 aliphatic rings. The Morgan fingerprint density at radius 1 is 0.443 bits per heavy atom. The van der Waals surface area contributed by atoms with Crippen molar-refractivity contribution in [3.05, 3.63) is 247 Å². The van der Waals surface area contributed by atoms with Crippen LogP contribution in [-0.4, -0.2) is 20.8 Å². The molecule has 15 rings (SSSR count). The van der Waals surface area contributed by atoms with Crippen molar-refractivity contribution in [1.29, 1.82) is 0 Å². The van der Waals surface area contributed by atoms with Crippen LogP contribution < -0.4 is 10.1 Å². The molecule has 0 amide bonds. The monoisotopic (exact) mass is 895 g/mol. The van der Waals surface area contributed by atoms with Gasteiger partial charge in [0, 0.05) is 55.0 Å². The molecule has 0 aliphatic carbocycles. The summed E-state index contributed by atoms with van der Waals surface area (Å²) < 4.78 is 11.4. The summed E-state index contributed by atoms with van der Waals surface area (Å²) >= 11 is 0. The highest BCUT2D eigenvalue weighted by molar-refractivity contribution is 6.20. The van der Waals surface area contributed by atoms with Crippen molar-refractivity contribution in [2.45, 2.75) is 12.8 Å². The van der Waals surface area contributed by atoms with Crippen molar-refractivity contribution in [3.8, 4) is 28.3 Å². The summed E-state index contributed by atoms with van der Waals surface area (Å²) in [6.07, 6.45) is -0.582. The molecule has 0 radical (unpaired) electrons. The zero-order chi connectivity index (χ0) is 45.9. The Hall–Kier alpha value is -9.26. The second kappa shape index (κ2) is 15.1. The molecule has 1 N–H and O–H groups in total. The quantitative estimate of drug-likeness (QED) is 0.187. The number of para-hydroxylation sites is 3. The summed E-state index contributed by atoms with van der Waals surface area (Å²) in [7, 11) is 0. The number of hydrogen-bond donors (Lipinski definition) is 1. The maximum Gasteiger partial charge on any atom is 0.160 e. The SMILES string of the molecule is c1ccc(-n2c3ccccc3c3ccc(C4=NC(c5cccc6ccccc56)=NC(c5c(-n6c7cc8ccccc8cc7c7cc8ccccc8cc76)ccc6c5-c5ccccc5OC6)N4)cc32)cc1. The fourth-order valence-corrected chi connectivity index (χ4v) is 11.4. The first-order valence-electron chi connectivity index (χ1n) is 23.9. The molecule has 0 saturated heterocycles. The molecule has 1 atom stereocenters. The van der Waals surface area contributed by atoms with E-state index >= 15 is 0 Å². The molecule has 6 heteroatoms. The van der Waals surface area contributed by atoms with E-state index in [-0.39, 0.29) is 0 Å². The van der Waals surface area contributed by atoms with E-state index in [2.05, 4.69) is 239 Å². The molecule has 13 aromatic rings. The minimum absolute atomic E-state index is 0.441. The summed E-state index contributed by atoms with van der Waals surface area (Å²) in [5, 5.41) is 15.8. The Labute approximate surface area is 402 Å². The summed E-state index contributed by atoms with van der Waals surface area (Å²) in [5.74, 6) is 2.27. The molecule has 328 valence electrons. The smallest absolute Gasteiger partial charge is 0.160 e. The van der Waals surface area contributed by atoms with Gasteiger partial charge in [-0.1, -0.05) is 164 Å². The fourth-order valence-electron chi connectivity index (χ4n) is 11.4. The molecule has 0 fully saturated rings. The van der Waals surface area contributed by atoms with Crippen LogP contribution in [0.3, 0.4) is 0 Å². The second-order valence-corrected chi connectivity index (χ2v) is 18.5. The average Bonchev–Trinajstić information content (AvgIpc) is 3.92. The van der Waals surface area contributed by atoms with Crippen LogP contribution in [0, 0.1) is 0 Å². The highest BCUT2D eigenvalue weighted by Gasteiger charge is 2.32. The van der Waals surface area contributed by atoms with E-state index < -0.39 is 6.17 Å². The minimum atomic E-state index is -0.582. The summed E-state index contributed by atoms with van der Waals surface area (Å²) in [6, 6.07) is 80.9. The first-order valence-corrected chi connectivity index (χ1v) is 23.9. The number of benzene rings is 11. The van der Waals surface area contributed by atoms with Gasteiger partial charge in [0.2, 0.25) is 0 Å². The summed E-state index contributed by atoms with van der Waals surface area (Å²) in [5.41, 5.74) is 12.9. The van der Waals surface area contributed by atoms with E-state index in [1.165, 1.54) is 43.1 Å². The lowest BCUT2D eigenvalue weighted by molar-refractivity contribution is 0.302. The van der Waals surface area contributed by atoms with Gasteiger partial charge in [-0.05, 0) is 98.5 Å². The van der Waals surface area contributed by atoms with Crippen molar-refractivity contribution in [1.82, 2.24) is 14.5 Å². The maximum atomic E-state index is 6.51. The molecule has 0 spiro atoms. The van der Waals surface area contributed by atoms with E-state index in [0.29, 0.717) is 12.4 Å². The van der Waals surface area contributed by atoms with Crippen molar-refractivity contribution in [3.63, 3.8) is 0 Å². The number of aromatic nitrogens is 2. The molecular weight excluding hydrogens is 855 g/mol. The van der Waals surface area contributed by atoms with Crippen LogP contribution in [0.5, 0.6) is 5.75 Å². The van der Waals surface area contributed by atoms with E-state index in [1.54, 1.807) is 0 Å². The molecule has 6 nitrogen and oxygen atoms in total. The number of aliphatic imine (C=N–C) groups is 2. The molecule has 4 heterocycles. The largest absolute Gasteiger partial charge is 0.488 e. The normalized spacial score (nSPS) is 14.5. The van der Waals surface area contributed by atoms with E-state index in [9.17, 15) is 0 Å². The third-order valence-corrected chi connectivity index (χ3v) is 14.6. The molecule has 0 bridgehead atoms. The fraction of sp³-hybridized carbons (Fsp3) is 0.0312. The lowest BCUT2D eigenvalue weighted by Gasteiger charge is -2.31. The number of nitrogens with zero attached hydrogens (tertiary/aromatic N) is 4. The molecule has 2 aromatic heterocycles. The van der Waals surface area contributed by atoms with E-state index in [0.717, 1.165) is 89.2 Å². The number of fused-ring (bicyclic) bond motifs is 12. The molecule has 11 aromatic carbocycles. The molecule has 2 aliphatic heterocycles. The van der Waals surface area contributed by atoms with Crippen LogP contribution in [0.1, 0.15) is 28.4 Å². The van der Waals surface area contributed by atoms with Gasteiger partial charge in [0.1, 0.15) is 18.2 Å². The van der Waals surface area contributed by atoms with Crippen LogP contribution in [-0.2, 0) is 6.61 Å². The van der Waals surface area contributed by atoms with Crippen LogP contribution in [0.15, 0.2) is 234 Å². The Balaban J connectivity index is 1.03. The second-order valence-electron chi connectivity index (χ2n) is 18.5. The molecule has 0 saturated carbocycles. The Bertz CT molecular complexity index is 4310. The molecule has 70 heavy (non-hydrogen) atoms. The van der Waals surface area contributed by atoms with Crippen molar-refractivity contribution in [2.75, 3.05) is 0 Å².